The van der Waals surface area contributed by atoms with E-state index in [-0.39, 0.29) is 0 Å². The summed E-state index contributed by atoms with van der Waals surface area (Å²) in [5.41, 5.74) is 6.50. The molecule has 1 aromatic rings. The van der Waals surface area contributed by atoms with Gasteiger partial charge in [0.05, 0.1) is 9.13 Å². The van der Waals surface area contributed by atoms with Gasteiger partial charge in [-0.3, -0.25) is 0 Å². The van der Waals surface area contributed by atoms with Crippen LogP contribution in [0.2, 0.25) is 0 Å². The van der Waals surface area contributed by atoms with Gasteiger partial charge in [0.25, 0.3) is 0 Å². The van der Waals surface area contributed by atoms with E-state index in [9.17, 15) is 4.79 Å². The molecule has 0 saturated carbocycles. The molecule has 5 heteroatoms. The summed E-state index contributed by atoms with van der Waals surface area (Å²) >= 11 is 4.01. The van der Waals surface area contributed by atoms with Crippen LogP contribution in [0.5, 0.6) is 0 Å². The fourth-order valence-corrected chi connectivity index (χ4v) is 1.92. The number of hydrogen-bond acceptors (Lipinski definition) is 2. The van der Waals surface area contributed by atoms with Gasteiger partial charge in [-0.2, -0.15) is 0 Å². The van der Waals surface area contributed by atoms with Gasteiger partial charge in [0.2, 0.25) is 0 Å². The third-order valence-corrected chi connectivity index (χ3v) is 4.66. The highest BCUT2D eigenvalue weighted by molar-refractivity contribution is 14.1. The summed E-state index contributed by atoms with van der Waals surface area (Å²) < 4.78 is 1.49. The first-order valence-electron chi connectivity index (χ1n) is 3.01. The van der Waals surface area contributed by atoms with E-state index in [2.05, 4.69) is 0 Å². The van der Waals surface area contributed by atoms with Crippen molar-refractivity contribution in [1.29, 1.82) is 0 Å². The average molecular weight is 389 g/mol. The number of halogens is 2. The molecule has 0 fully saturated rings. The van der Waals surface area contributed by atoms with Crippen LogP contribution in [-0.2, 0) is 0 Å². The molecule has 1 aromatic carbocycles. The van der Waals surface area contributed by atoms with Gasteiger partial charge in [-0.15, -0.1) is 0 Å². The van der Waals surface area contributed by atoms with Crippen molar-refractivity contribution < 1.29 is 9.90 Å². The molecular formula is C7H5I2NO2. The van der Waals surface area contributed by atoms with Crippen molar-refractivity contribution in [3.05, 3.63) is 24.8 Å². The zero-order valence-electron chi connectivity index (χ0n) is 5.84. The molecule has 0 spiro atoms. The summed E-state index contributed by atoms with van der Waals surface area (Å²) in [5, 5.41) is 8.73. The zero-order valence-corrected chi connectivity index (χ0v) is 10.2. The SMILES string of the molecule is Nc1ccc(C(=O)O)c(I)c1I. The highest BCUT2D eigenvalue weighted by Crippen LogP contribution is 2.24. The van der Waals surface area contributed by atoms with Crippen LogP contribution < -0.4 is 5.73 Å². The summed E-state index contributed by atoms with van der Waals surface area (Å²) in [5.74, 6) is -0.919. The molecule has 0 aliphatic carbocycles. The number of carboxylic acid groups (broad SMARTS) is 1. The number of aromatic carboxylic acids is 1. The molecule has 0 atom stereocenters. The number of carboxylic acids is 1. The molecule has 12 heavy (non-hydrogen) atoms. The van der Waals surface area contributed by atoms with Crippen LogP contribution in [0.25, 0.3) is 0 Å². The molecule has 0 aliphatic heterocycles. The Labute approximate surface area is 96.6 Å². The molecule has 0 bridgehead atoms. The third-order valence-electron chi connectivity index (χ3n) is 1.34. The van der Waals surface area contributed by atoms with E-state index in [0.29, 0.717) is 14.8 Å². The maximum atomic E-state index is 10.6. The molecule has 0 saturated heterocycles. The third kappa shape index (κ3) is 1.82. The fraction of sp³-hybridized carbons (Fsp3) is 0. The lowest BCUT2D eigenvalue weighted by Crippen LogP contribution is -2.03. The van der Waals surface area contributed by atoms with E-state index >= 15 is 0 Å². The Kier molecular flexibility index (Phi) is 3.16. The van der Waals surface area contributed by atoms with E-state index in [4.69, 9.17) is 10.8 Å². The zero-order chi connectivity index (χ0) is 9.30. The van der Waals surface area contributed by atoms with E-state index in [1.807, 2.05) is 45.2 Å². The number of anilines is 1. The van der Waals surface area contributed by atoms with Crippen molar-refractivity contribution in [2.75, 3.05) is 5.73 Å². The van der Waals surface area contributed by atoms with Gasteiger partial charge in [0.1, 0.15) is 0 Å². The minimum Gasteiger partial charge on any atom is -0.478 e. The van der Waals surface area contributed by atoms with E-state index in [0.717, 1.165) is 3.57 Å². The van der Waals surface area contributed by atoms with Crippen LogP contribution in [0.1, 0.15) is 10.4 Å². The predicted octanol–water partition coefficient (Wildman–Crippen LogP) is 2.18. The van der Waals surface area contributed by atoms with Crippen molar-refractivity contribution in [3.63, 3.8) is 0 Å². The maximum Gasteiger partial charge on any atom is 0.336 e. The number of benzene rings is 1. The molecule has 1 rings (SSSR count). The Balaban J connectivity index is 3.36. The monoisotopic (exact) mass is 389 g/mol. The van der Waals surface area contributed by atoms with Crippen molar-refractivity contribution >= 4 is 56.8 Å². The van der Waals surface area contributed by atoms with Crippen molar-refractivity contribution in [3.8, 4) is 0 Å². The number of nitrogen functional groups attached to an aromatic ring is 1. The van der Waals surface area contributed by atoms with E-state index in [1.165, 1.54) is 6.07 Å². The first-order chi connectivity index (χ1) is 5.54. The highest BCUT2D eigenvalue weighted by atomic mass is 127. The number of hydrogen-bond donors (Lipinski definition) is 2. The molecule has 0 amide bonds. The van der Waals surface area contributed by atoms with Crippen LogP contribution in [-0.4, -0.2) is 11.1 Å². The topological polar surface area (TPSA) is 63.3 Å². The Morgan fingerprint density at radius 3 is 2.42 bits per heavy atom. The summed E-state index contributed by atoms with van der Waals surface area (Å²) in [7, 11) is 0. The lowest BCUT2D eigenvalue weighted by Gasteiger charge is -2.03. The summed E-state index contributed by atoms with van der Waals surface area (Å²) in [6.45, 7) is 0. The molecule has 0 radical (unpaired) electrons. The van der Waals surface area contributed by atoms with Crippen molar-refractivity contribution in [2.24, 2.45) is 0 Å². The van der Waals surface area contributed by atoms with Gasteiger partial charge < -0.3 is 10.8 Å². The quantitative estimate of drug-likeness (QED) is 0.572. The summed E-state index contributed by atoms with van der Waals surface area (Å²) in [6, 6.07) is 3.12. The van der Waals surface area contributed by atoms with Gasteiger partial charge in [-0.25, -0.2) is 4.79 Å². The van der Waals surface area contributed by atoms with Gasteiger partial charge in [-0.1, -0.05) is 0 Å². The first-order valence-corrected chi connectivity index (χ1v) is 5.16. The number of rotatable bonds is 1. The average Bonchev–Trinajstić information content (AvgIpc) is 2.00. The first kappa shape index (κ1) is 10.0. The Bertz CT molecular complexity index is 338. The molecule has 64 valence electrons. The second kappa shape index (κ2) is 3.77. The van der Waals surface area contributed by atoms with Crippen LogP contribution in [0.4, 0.5) is 5.69 Å². The second-order valence-corrected chi connectivity index (χ2v) is 4.29. The Morgan fingerprint density at radius 1 is 1.33 bits per heavy atom. The van der Waals surface area contributed by atoms with E-state index < -0.39 is 5.97 Å². The van der Waals surface area contributed by atoms with E-state index in [1.54, 1.807) is 6.07 Å². The second-order valence-electron chi connectivity index (χ2n) is 2.14. The van der Waals surface area contributed by atoms with Crippen LogP contribution in [0.3, 0.4) is 0 Å². The van der Waals surface area contributed by atoms with Gasteiger partial charge >= 0.3 is 5.97 Å². The molecular weight excluding hydrogens is 384 g/mol. The Morgan fingerprint density at radius 2 is 1.92 bits per heavy atom. The molecule has 0 aliphatic rings. The Hall–Kier alpha value is -0.0500. The molecule has 0 heterocycles. The molecule has 0 unspecified atom stereocenters. The van der Waals surface area contributed by atoms with Crippen molar-refractivity contribution in [2.45, 2.75) is 0 Å². The lowest BCUT2D eigenvalue weighted by atomic mass is 10.2. The van der Waals surface area contributed by atoms with Gasteiger partial charge in [0, 0.05) is 9.26 Å². The number of carbonyl (C=O) groups is 1. The van der Waals surface area contributed by atoms with Crippen LogP contribution >= 0.6 is 45.2 Å². The normalized spacial score (nSPS) is 9.83. The van der Waals surface area contributed by atoms with Gasteiger partial charge in [0.15, 0.2) is 0 Å². The maximum absolute atomic E-state index is 10.6. The molecule has 3 nitrogen and oxygen atoms in total. The molecule has 0 aromatic heterocycles. The molecule has 3 N–H and O–H groups in total. The fourth-order valence-electron chi connectivity index (χ4n) is 0.730. The van der Waals surface area contributed by atoms with Crippen LogP contribution in [0.15, 0.2) is 12.1 Å². The van der Waals surface area contributed by atoms with Crippen LogP contribution in [0, 0.1) is 7.14 Å². The standard InChI is InChI=1S/C7H5I2NO2/c8-5-3(7(11)12)1-2-4(10)6(5)9/h1-2H,10H2,(H,11,12). The minimum absolute atomic E-state index is 0.300. The lowest BCUT2D eigenvalue weighted by molar-refractivity contribution is 0.0695. The number of nitrogens with two attached hydrogens (primary N) is 1. The summed E-state index contributed by atoms with van der Waals surface area (Å²) in [4.78, 5) is 10.6. The highest BCUT2D eigenvalue weighted by Gasteiger charge is 2.11. The predicted molar refractivity (Wildman–Crippen MR) is 63.2 cm³/mol. The van der Waals surface area contributed by atoms with Crippen molar-refractivity contribution in [1.82, 2.24) is 0 Å². The van der Waals surface area contributed by atoms with Gasteiger partial charge in [-0.05, 0) is 57.3 Å². The largest absolute Gasteiger partial charge is 0.478 e. The smallest absolute Gasteiger partial charge is 0.336 e. The summed E-state index contributed by atoms with van der Waals surface area (Å²) in [6.07, 6.45) is 0. The minimum atomic E-state index is -0.919.